The fourth-order valence-electron chi connectivity index (χ4n) is 1.82. The Hall–Kier alpha value is -1.000. The molecule has 0 radical (unpaired) electrons. The molecule has 1 heterocycles. The molecule has 0 saturated heterocycles. The van der Waals surface area contributed by atoms with E-state index in [0.29, 0.717) is 15.7 Å². The molecule has 2 rings (SSSR count). The topological polar surface area (TPSA) is 30.0 Å². The van der Waals surface area contributed by atoms with Crippen LogP contribution < -0.4 is 0 Å². The summed E-state index contributed by atoms with van der Waals surface area (Å²) in [7, 11) is 0. The largest absolute Gasteiger partial charge is 0.287 e. The number of halogens is 2. The van der Waals surface area contributed by atoms with Crippen LogP contribution in [0.2, 0.25) is 0 Å². The number of pyridine rings is 1. The van der Waals surface area contributed by atoms with E-state index in [0.717, 1.165) is 15.6 Å². The van der Waals surface area contributed by atoms with E-state index in [9.17, 15) is 4.79 Å². The van der Waals surface area contributed by atoms with Gasteiger partial charge in [-0.05, 0) is 63.9 Å². The number of hydrogen-bond donors (Lipinski definition) is 0. The lowest BCUT2D eigenvalue weighted by atomic mass is 10.0. The minimum absolute atomic E-state index is 0.0684. The first-order valence-electron chi connectivity index (χ1n) is 5.41. The Morgan fingerprint density at radius 3 is 2.22 bits per heavy atom. The van der Waals surface area contributed by atoms with E-state index in [1.807, 2.05) is 38.1 Å². The maximum atomic E-state index is 12.4. The molecule has 18 heavy (non-hydrogen) atoms. The number of hydrogen-bond acceptors (Lipinski definition) is 2. The van der Waals surface area contributed by atoms with Gasteiger partial charge in [0.1, 0.15) is 5.69 Å². The monoisotopic (exact) mass is 367 g/mol. The Morgan fingerprint density at radius 1 is 1.06 bits per heavy atom. The minimum Gasteiger partial charge on any atom is -0.287 e. The highest BCUT2D eigenvalue weighted by atomic mass is 79.9. The zero-order valence-corrected chi connectivity index (χ0v) is 13.2. The second kappa shape index (κ2) is 5.33. The molecule has 4 heteroatoms. The molecule has 0 aliphatic heterocycles. The number of carbonyl (C=O) groups excluding carboxylic acids is 1. The summed E-state index contributed by atoms with van der Waals surface area (Å²) in [5, 5.41) is 0. The van der Waals surface area contributed by atoms with Gasteiger partial charge in [-0.3, -0.25) is 9.78 Å². The third-order valence-electron chi connectivity index (χ3n) is 2.51. The van der Waals surface area contributed by atoms with E-state index < -0.39 is 0 Å². The van der Waals surface area contributed by atoms with E-state index in [1.54, 1.807) is 6.20 Å². The van der Waals surface area contributed by atoms with E-state index in [1.165, 1.54) is 0 Å². The predicted molar refractivity (Wildman–Crippen MR) is 79.0 cm³/mol. The van der Waals surface area contributed by atoms with E-state index >= 15 is 0 Å². The van der Waals surface area contributed by atoms with Gasteiger partial charge >= 0.3 is 0 Å². The maximum Gasteiger partial charge on any atom is 0.212 e. The first-order chi connectivity index (χ1) is 8.47. The van der Waals surface area contributed by atoms with Gasteiger partial charge in [-0.2, -0.15) is 0 Å². The summed E-state index contributed by atoms with van der Waals surface area (Å²) >= 11 is 6.69. The van der Waals surface area contributed by atoms with Crippen molar-refractivity contribution < 1.29 is 4.79 Å². The molecular formula is C14H11Br2NO. The SMILES string of the molecule is Cc1cc(C)cc(C(=O)c2ncc(Br)cc2Br)c1. The van der Waals surface area contributed by atoms with Gasteiger partial charge in [-0.25, -0.2) is 0 Å². The van der Waals surface area contributed by atoms with Crippen LogP contribution in [0.15, 0.2) is 39.4 Å². The van der Waals surface area contributed by atoms with Crippen molar-refractivity contribution in [1.82, 2.24) is 4.98 Å². The lowest BCUT2D eigenvalue weighted by molar-refractivity contribution is 0.103. The van der Waals surface area contributed by atoms with Crippen molar-refractivity contribution in [1.29, 1.82) is 0 Å². The molecule has 1 aromatic heterocycles. The van der Waals surface area contributed by atoms with Crippen LogP contribution in [0, 0.1) is 13.8 Å². The highest BCUT2D eigenvalue weighted by Crippen LogP contribution is 2.22. The van der Waals surface area contributed by atoms with Crippen LogP contribution in [0.4, 0.5) is 0 Å². The molecule has 92 valence electrons. The Kier molecular flexibility index (Phi) is 3.97. The minimum atomic E-state index is -0.0684. The van der Waals surface area contributed by atoms with Crippen molar-refractivity contribution in [2.45, 2.75) is 13.8 Å². The molecule has 0 aliphatic carbocycles. The van der Waals surface area contributed by atoms with Gasteiger partial charge in [0.2, 0.25) is 5.78 Å². The third-order valence-corrected chi connectivity index (χ3v) is 3.54. The predicted octanol–water partition coefficient (Wildman–Crippen LogP) is 4.45. The zero-order chi connectivity index (χ0) is 13.3. The van der Waals surface area contributed by atoms with Crippen molar-refractivity contribution in [2.24, 2.45) is 0 Å². The number of benzene rings is 1. The first kappa shape index (κ1) is 13.4. The summed E-state index contributed by atoms with van der Waals surface area (Å²) in [5.41, 5.74) is 3.25. The number of rotatable bonds is 2. The molecule has 0 fully saturated rings. The van der Waals surface area contributed by atoms with Crippen LogP contribution in [-0.4, -0.2) is 10.8 Å². The van der Waals surface area contributed by atoms with E-state index in [-0.39, 0.29) is 5.78 Å². The van der Waals surface area contributed by atoms with Gasteiger partial charge in [0, 0.05) is 20.7 Å². The van der Waals surface area contributed by atoms with Crippen molar-refractivity contribution in [2.75, 3.05) is 0 Å². The number of ketones is 1. The lowest BCUT2D eigenvalue weighted by Crippen LogP contribution is -2.05. The number of nitrogens with zero attached hydrogens (tertiary/aromatic N) is 1. The normalized spacial score (nSPS) is 10.4. The van der Waals surface area contributed by atoms with Crippen LogP contribution in [0.1, 0.15) is 27.2 Å². The quantitative estimate of drug-likeness (QED) is 0.732. The van der Waals surface area contributed by atoms with Crippen LogP contribution >= 0.6 is 31.9 Å². The van der Waals surface area contributed by atoms with Crippen LogP contribution in [-0.2, 0) is 0 Å². The second-order valence-corrected chi connectivity index (χ2v) is 5.96. The molecular weight excluding hydrogens is 358 g/mol. The Morgan fingerprint density at radius 2 is 1.67 bits per heavy atom. The average Bonchev–Trinajstić information content (AvgIpc) is 2.26. The van der Waals surface area contributed by atoms with E-state index in [4.69, 9.17) is 0 Å². The van der Waals surface area contributed by atoms with Crippen LogP contribution in [0.3, 0.4) is 0 Å². The van der Waals surface area contributed by atoms with E-state index in [2.05, 4.69) is 36.8 Å². The maximum absolute atomic E-state index is 12.4. The summed E-state index contributed by atoms with van der Waals surface area (Å²) in [5.74, 6) is -0.0684. The number of carbonyl (C=O) groups is 1. The molecule has 0 N–H and O–H groups in total. The molecule has 2 nitrogen and oxygen atoms in total. The van der Waals surface area contributed by atoms with Crippen LogP contribution in [0.5, 0.6) is 0 Å². The fourth-order valence-corrected chi connectivity index (χ4v) is 2.99. The Balaban J connectivity index is 2.47. The van der Waals surface area contributed by atoms with Gasteiger partial charge in [0.25, 0.3) is 0 Å². The smallest absolute Gasteiger partial charge is 0.212 e. The highest BCUT2D eigenvalue weighted by Gasteiger charge is 2.15. The fraction of sp³-hybridized carbons (Fsp3) is 0.143. The van der Waals surface area contributed by atoms with Crippen molar-refractivity contribution >= 4 is 37.6 Å². The van der Waals surface area contributed by atoms with Gasteiger partial charge in [0.05, 0.1) is 0 Å². The van der Waals surface area contributed by atoms with Crippen LogP contribution in [0.25, 0.3) is 0 Å². The highest BCUT2D eigenvalue weighted by molar-refractivity contribution is 9.11. The average molecular weight is 369 g/mol. The Labute approximate surface area is 123 Å². The van der Waals surface area contributed by atoms with Gasteiger partial charge in [-0.1, -0.05) is 17.2 Å². The molecule has 0 bridgehead atoms. The third kappa shape index (κ3) is 2.87. The summed E-state index contributed by atoms with van der Waals surface area (Å²) < 4.78 is 1.53. The van der Waals surface area contributed by atoms with Gasteiger partial charge < -0.3 is 0 Å². The van der Waals surface area contributed by atoms with Crippen molar-refractivity contribution in [3.63, 3.8) is 0 Å². The number of aromatic nitrogens is 1. The Bertz CT molecular complexity index is 603. The van der Waals surface area contributed by atoms with Gasteiger partial charge in [-0.15, -0.1) is 0 Å². The summed E-state index contributed by atoms with van der Waals surface area (Å²) in [6, 6.07) is 7.63. The molecule has 2 aromatic rings. The molecule has 0 amide bonds. The molecule has 0 atom stereocenters. The molecule has 0 unspecified atom stereocenters. The number of aryl methyl sites for hydroxylation is 2. The van der Waals surface area contributed by atoms with Gasteiger partial charge in [0.15, 0.2) is 0 Å². The molecule has 0 aliphatic rings. The zero-order valence-electron chi connectivity index (χ0n) is 10.00. The summed E-state index contributed by atoms with van der Waals surface area (Å²) in [4.78, 5) is 16.5. The summed E-state index contributed by atoms with van der Waals surface area (Å²) in [6.07, 6.45) is 1.63. The lowest BCUT2D eigenvalue weighted by Gasteiger charge is -2.06. The summed E-state index contributed by atoms with van der Waals surface area (Å²) in [6.45, 7) is 3.96. The molecule has 0 spiro atoms. The molecule has 1 aromatic carbocycles. The van der Waals surface area contributed by atoms with Crippen molar-refractivity contribution in [3.8, 4) is 0 Å². The van der Waals surface area contributed by atoms with Crippen molar-refractivity contribution in [3.05, 3.63) is 61.8 Å². The first-order valence-corrected chi connectivity index (χ1v) is 7.00. The second-order valence-electron chi connectivity index (χ2n) is 4.19. The standard InChI is InChI=1S/C14H11Br2NO/c1-8-3-9(2)5-10(4-8)14(18)13-12(16)6-11(15)7-17-13/h3-7H,1-2H3. The molecule has 0 saturated carbocycles.